The molecule has 1 aromatic heterocycles. The minimum Gasteiger partial charge on any atom is -0.481 e. The van der Waals surface area contributed by atoms with Crippen molar-refractivity contribution in [2.24, 2.45) is 0 Å². The molecule has 0 radical (unpaired) electrons. The van der Waals surface area contributed by atoms with E-state index in [1.165, 1.54) is 13.1 Å². The van der Waals surface area contributed by atoms with E-state index in [2.05, 4.69) is 0 Å². The molecule has 0 amide bonds. The van der Waals surface area contributed by atoms with Crippen LogP contribution in [0.25, 0.3) is 10.4 Å². The third-order valence-electron chi connectivity index (χ3n) is 4.42. The van der Waals surface area contributed by atoms with E-state index in [4.69, 9.17) is 9.84 Å². The summed E-state index contributed by atoms with van der Waals surface area (Å²) in [4.78, 5) is 10.8. The monoisotopic (exact) mass is 449 g/mol. The fourth-order valence-electron chi connectivity index (χ4n) is 2.81. The first kappa shape index (κ1) is 21.8. The van der Waals surface area contributed by atoms with Crippen LogP contribution < -0.4 is 0 Å². The lowest BCUT2D eigenvalue weighted by atomic mass is 10.0. The van der Waals surface area contributed by atoms with E-state index in [9.17, 15) is 26.4 Å². The number of alkyl halides is 3. The van der Waals surface area contributed by atoms with Crippen LogP contribution in [0, 0.1) is 0 Å². The molecule has 0 saturated carbocycles. The summed E-state index contributed by atoms with van der Waals surface area (Å²) in [5.41, 5.74) is -0.438. The van der Waals surface area contributed by atoms with Gasteiger partial charge in [0.05, 0.1) is 23.2 Å². The van der Waals surface area contributed by atoms with Gasteiger partial charge in [-0.1, -0.05) is 0 Å². The normalized spacial score (nSPS) is 16.9. The Morgan fingerprint density at radius 1 is 1.34 bits per heavy atom. The van der Waals surface area contributed by atoms with Gasteiger partial charge in [-0.3, -0.25) is 4.79 Å². The molecule has 0 aliphatic carbocycles. The summed E-state index contributed by atoms with van der Waals surface area (Å²) in [5.74, 6) is -1.03. The standard InChI is InChI=1S/C18H18F3NO5S2/c1-22(9-14-10-27-14)29(25,26)15-7-12(6-13(8-15)18(19,20)21)17-11(4-5-28-17)2-3-16(23)24/h4-8,14H,2-3,9-10H2,1H3,(H,23,24)/t14-/m0/s1. The Balaban J connectivity index is 2.06. The van der Waals surface area contributed by atoms with Crippen LogP contribution in [0.15, 0.2) is 34.5 Å². The number of sulfonamides is 1. The number of aliphatic carboxylic acids is 1. The Labute approximate surface area is 169 Å². The van der Waals surface area contributed by atoms with E-state index in [0.717, 1.165) is 21.7 Å². The molecule has 1 aromatic carbocycles. The predicted molar refractivity (Wildman–Crippen MR) is 100 cm³/mol. The summed E-state index contributed by atoms with van der Waals surface area (Å²) in [7, 11) is -2.87. The average molecular weight is 449 g/mol. The Hall–Kier alpha value is -1.95. The minimum atomic E-state index is -4.74. The molecule has 2 heterocycles. The molecule has 1 saturated heterocycles. The molecule has 2 aromatic rings. The number of epoxide rings is 1. The molecule has 6 nitrogen and oxygen atoms in total. The molecule has 3 rings (SSSR count). The lowest BCUT2D eigenvalue weighted by Crippen LogP contribution is -2.30. The molecule has 29 heavy (non-hydrogen) atoms. The van der Waals surface area contributed by atoms with Crippen molar-refractivity contribution in [3.63, 3.8) is 0 Å². The van der Waals surface area contributed by atoms with Gasteiger partial charge < -0.3 is 9.84 Å². The quantitative estimate of drug-likeness (QED) is 0.624. The lowest BCUT2D eigenvalue weighted by Gasteiger charge is -2.18. The number of carboxylic acids is 1. The first-order valence-electron chi connectivity index (χ1n) is 8.57. The summed E-state index contributed by atoms with van der Waals surface area (Å²) in [6.07, 6.45) is -5.04. The molecule has 0 spiro atoms. The summed E-state index contributed by atoms with van der Waals surface area (Å²) in [6.45, 7) is 0.465. The van der Waals surface area contributed by atoms with Gasteiger partial charge in [0.1, 0.15) is 0 Å². The van der Waals surface area contributed by atoms with Gasteiger partial charge in [0, 0.05) is 24.9 Å². The van der Waals surface area contributed by atoms with Crippen LogP contribution in [-0.4, -0.2) is 50.1 Å². The van der Waals surface area contributed by atoms with Crippen molar-refractivity contribution >= 4 is 27.3 Å². The number of likely N-dealkylation sites (N-methyl/N-ethyl adjacent to an activating group) is 1. The third-order valence-corrected chi connectivity index (χ3v) is 7.23. The second-order valence-electron chi connectivity index (χ2n) is 6.65. The van der Waals surface area contributed by atoms with Crippen molar-refractivity contribution in [1.82, 2.24) is 4.31 Å². The van der Waals surface area contributed by atoms with E-state index < -0.39 is 32.6 Å². The first-order valence-corrected chi connectivity index (χ1v) is 10.9. The van der Waals surface area contributed by atoms with Crippen molar-refractivity contribution in [2.75, 3.05) is 20.2 Å². The molecule has 1 N–H and O–H groups in total. The van der Waals surface area contributed by atoms with E-state index >= 15 is 0 Å². The topological polar surface area (TPSA) is 87.2 Å². The highest BCUT2D eigenvalue weighted by molar-refractivity contribution is 7.89. The van der Waals surface area contributed by atoms with Gasteiger partial charge in [0.25, 0.3) is 0 Å². The maximum absolute atomic E-state index is 13.5. The molecule has 158 valence electrons. The zero-order valence-corrected chi connectivity index (χ0v) is 16.9. The molecule has 11 heteroatoms. The summed E-state index contributed by atoms with van der Waals surface area (Å²) >= 11 is 1.13. The van der Waals surface area contributed by atoms with Crippen LogP contribution in [0.4, 0.5) is 13.2 Å². The third kappa shape index (κ3) is 5.16. The Bertz CT molecular complexity index is 1010. The highest BCUT2D eigenvalue weighted by Crippen LogP contribution is 2.38. The molecule has 1 aliphatic rings. The number of thiophene rings is 1. The minimum absolute atomic E-state index is 0.0524. The highest BCUT2D eigenvalue weighted by atomic mass is 32.2. The SMILES string of the molecule is CN(C[C@H]1CO1)S(=O)(=O)c1cc(-c2sccc2CCC(=O)O)cc(C(F)(F)F)c1. The second kappa shape index (κ2) is 8.05. The van der Waals surface area contributed by atoms with Gasteiger partial charge in [-0.25, -0.2) is 8.42 Å². The maximum atomic E-state index is 13.5. The molecule has 1 atom stereocenters. The van der Waals surface area contributed by atoms with E-state index in [-0.39, 0.29) is 31.1 Å². The number of hydrogen-bond donors (Lipinski definition) is 1. The molecule has 0 unspecified atom stereocenters. The largest absolute Gasteiger partial charge is 0.481 e. The van der Waals surface area contributed by atoms with Crippen LogP contribution in [0.5, 0.6) is 0 Å². The molecule has 0 bridgehead atoms. The smallest absolute Gasteiger partial charge is 0.416 e. The lowest BCUT2D eigenvalue weighted by molar-refractivity contribution is -0.138. The fraction of sp³-hybridized carbons (Fsp3) is 0.389. The fourth-order valence-corrected chi connectivity index (χ4v) is 5.03. The van der Waals surface area contributed by atoms with Crippen LogP contribution in [0.3, 0.4) is 0 Å². The molecular formula is C18H18F3NO5S2. The molecule has 1 fully saturated rings. The van der Waals surface area contributed by atoms with Gasteiger partial charge in [-0.2, -0.15) is 17.5 Å². The maximum Gasteiger partial charge on any atom is 0.416 e. The van der Waals surface area contributed by atoms with Gasteiger partial charge in [0.15, 0.2) is 0 Å². The number of hydrogen-bond acceptors (Lipinski definition) is 5. The van der Waals surface area contributed by atoms with Crippen LogP contribution in [0.1, 0.15) is 17.5 Å². The number of nitrogens with zero attached hydrogens (tertiary/aromatic N) is 1. The van der Waals surface area contributed by atoms with Crippen molar-refractivity contribution in [3.8, 4) is 10.4 Å². The zero-order chi connectivity index (χ0) is 21.4. The van der Waals surface area contributed by atoms with E-state index in [0.29, 0.717) is 23.1 Å². The summed E-state index contributed by atoms with van der Waals surface area (Å²) in [6, 6.07) is 4.34. The van der Waals surface area contributed by atoms with Gasteiger partial charge in [-0.15, -0.1) is 11.3 Å². The zero-order valence-electron chi connectivity index (χ0n) is 15.3. The van der Waals surface area contributed by atoms with Crippen LogP contribution in [-0.2, 0) is 32.2 Å². The number of ether oxygens (including phenoxy) is 1. The average Bonchev–Trinajstić information content (AvgIpc) is 3.32. The highest BCUT2D eigenvalue weighted by Gasteiger charge is 2.35. The predicted octanol–water partition coefficient (Wildman–Crippen LogP) is 3.47. The number of benzene rings is 1. The summed E-state index contributed by atoms with van der Waals surface area (Å²) < 4.78 is 72.0. The van der Waals surface area contributed by atoms with Crippen LogP contribution >= 0.6 is 11.3 Å². The molecular weight excluding hydrogens is 431 g/mol. The van der Waals surface area contributed by atoms with Gasteiger partial charge in [0.2, 0.25) is 10.0 Å². The number of rotatable bonds is 8. The van der Waals surface area contributed by atoms with E-state index in [1.54, 1.807) is 11.4 Å². The number of carboxylic acid groups (broad SMARTS) is 1. The number of carbonyl (C=O) groups is 1. The molecule has 1 aliphatic heterocycles. The van der Waals surface area contributed by atoms with Gasteiger partial charge >= 0.3 is 12.1 Å². The Kier molecular flexibility index (Phi) is 6.04. The van der Waals surface area contributed by atoms with E-state index in [1.807, 2.05) is 0 Å². The van der Waals surface area contributed by atoms with Crippen molar-refractivity contribution < 1.29 is 36.2 Å². The second-order valence-corrected chi connectivity index (χ2v) is 9.61. The van der Waals surface area contributed by atoms with Crippen molar-refractivity contribution in [1.29, 1.82) is 0 Å². The number of aryl methyl sites for hydroxylation is 1. The van der Waals surface area contributed by atoms with Crippen molar-refractivity contribution in [3.05, 3.63) is 40.8 Å². The van der Waals surface area contributed by atoms with Crippen LogP contribution in [0.2, 0.25) is 0 Å². The first-order chi connectivity index (χ1) is 13.5. The van der Waals surface area contributed by atoms with Crippen molar-refractivity contribution in [2.45, 2.75) is 30.0 Å². The number of halogens is 3. The van der Waals surface area contributed by atoms with Gasteiger partial charge in [-0.05, 0) is 47.2 Å². The summed E-state index contributed by atoms with van der Waals surface area (Å²) in [5, 5.41) is 10.5. The Morgan fingerprint density at radius 2 is 2.03 bits per heavy atom. The Morgan fingerprint density at radius 3 is 2.62 bits per heavy atom.